The largest absolute Gasteiger partial charge is 0.726 e. The van der Waals surface area contributed by atoms with Crippen molar-refractivity contribution in [2.75, 3.05) is 7.11 Å². The summed E-state index contributed by atoms with van der Waals surface area (Å²) in [5.74, 6) is 0. The summed E-state index contributed by atoms with van der Waals surface area (Å²) in [4.78, 5) is 0. The van der Waals surface area contributed by atoms with Gasteiger partial charge in [0.15, 0.2) is 0 Å². The Labute approximate surface area is 77.1 Å². The van der Waals surface area contributed by atoms with Crippen LogP contribution in [-0.4, -0.2) is 20.1 Å². The normalized spacial score (nSPS) is 10.1. The monoisotopic (exact) mass is 205 g/mol. The highest BCUT2D eigenvalue weighted by Gasteiger charge is 1.79. The van der Waals surface area contributed by atoms with Gasteiger partial charge in [-0.1, -0.05) is 18.2 Å². The average molecular weight is 205 g/mol. The van der Waals surface area contributed by atoms with Gasteiger partial charge in [-0.25, -0.2) is 8.42 Å². The van der Waals surface area contributed by atoms with Crippen molar-refractivity contribution in [1.29, 1.82) is 0 Å². The quantitative estimate of drug-likeness (QED) is 0.501. The molecule has 0 bridgehead atoms. The molecule has 0 unspecified atom stereocenters. The molecule has 0 aromatic heterocycles. The number of hydrogen-bond donors (Lipinski definition) is 1. The Morgan fingerprint density at radius 2 is 1.69 bits per heavy atom. The maximum Gasteiger partial charge on any atom is 0.217 e. The minimum absolute atomic E-state index is 0.808. The molecule has 0 aliphatic carbocycles. The third kappa shape index (κ3) is 8.96. The molecule has 1 aromatic rings. The molecule has 6 heteroatoms. The first-order valence-electron chi connectivity index (χ1n) is 3.34. The van der Waals surface area contributed by atoms with Crippen molar-refractivity contribution < 1.29 is 22.9 Å². The van der Waals surface area contributed by atoms with Gasteiger partial charge in [0.1, 0.15) is 5.69 Å². The van der Waals surface area contributed by atoms with Crippen LogP contribution in [0.3, 0.4) is 0 Å². The molecule has 0 fully saturated rings. The molecule has 0 aliphatic rings. The van der Waals surface area contributed by atoms with E-state index in [2.05, 4.69) is 9.92 Å². The van der Waals surface area contributed by atoms with Gasteiger partial charge < -0.3 is 10.3 Å². The Balaban J connectivity index is 0.000000226. The highest BCUT2D eigenvalue weighted by molar-refractivity contribution is 7.80. The molecule has 5 nitrogen and oxygen atoms in total. The molecule has 3 N–H and O–H groups in total. The van der Waals surface area contributed by atoms with Crippen molar-refractivity contribution in [1.82, 2.24) is 0 Å². The van der Waals surface area contributed by atoms with Crippen molar-refractivity contribution in [2.45, 2.75) is 0 Å². The topological polar surface area (TPSA) is 94.1 Å². The van der Waals surface area contributed by atoms with Crippen LogP contribution in [0.4, 0.5) is 5.69 Å². The number of hydrogen-bond acceptors (Lipinski definition) is 4. The van der Waals surface area contributed by atoms with Crippen molar-refractivity contribution in [3.63, 3.8) is 0 Å². The molecule has 0 atom stereocenters. The van der Waals surface area contributed by atoms with Crippen LogP contribution < -0.4 is 5.73 Å². The Morgan fingerprint density at radius 1 is 1.31 bits per heavy atom. The summed E-state index contributed by atoms with van der Waals surface area (Å²) >= 11 is 0. The van der Waals surface area contributed by atoms with Crippen LogP contribution in [0.15, 0.2) is 30.3 Å². The second-order valence-electron chi connectivity index (χ2n) is 2.06. The first kappa shape index (κ1) is 12.0. The van der Waals surface area contributed by atoms with Crippen LogP contribution in [0.5, 0.6) is 0 Å². The molecular formula is C7H11NO4S. The van der Waals surface area contributed by atoms with Gasteiger partial charge in [-0.05, 0) is 12.1 Å². The summed E-state index contributed by atoms with van der Waals surface area (Å²) in [6, 6.07) is 9.87. The van der Waals surface area contributed by atoms with Gasteiger partial charge in [0.25, 0.3) is 0 Å². The Hall–Kier alpha value is -0.950. The summed E-state index contributed by atoms with van der Waals surface area (Å²) in [6.07, 6.45) is 0. The lowest BCUT2D eigenvalue weighted by molar-refractivity contribution is -0.254. The lowest BCUT2D eigenvalue weighted by Crippen LogP contribution is -2.39. The highest BCUT2D eigenvalue weighted by atomic mass is 32.3. The predicted octanol–water partition coefficient (Wildman–Crippen LogP) is -0.347. The fourth-order valence-corrected chi connectivity index (χ4v) is 0.478. The van der Waals surface area contributed by atoms with E-state index in [1.54, 1.807) is 0 Å². The zero-order chi connectivity index (χ0) is 10.3. The van der Waals surface area contributed by atoms with Crippen molar-refractivity contribution in [3.05, 3.63) is 30.3 Å². The average Bonchev–Trinajstić information content (AvgIpc) is 2.06. The lowest BCUT2D eigenvalue weighted by Gasteiger charge is -1.98. The standard InChI is InChI=1S/C6H7N.CH4O4S/c7-6-4-2-1-3-5-6;1-5-6(2,3)4/h1-5H,7H2;1H3,(H,2,3,4). The summed E-state index contributed by atoms with van der Waals surface area (Å²) in [5.41, 5.74) is 4.79. The molecule has 0 aliphatic heterocycles. The molecule has 74 valence electrons. The molecule has 0 spiro atoms. The third-order valence-electron chi connectivity index (χ3n) is 1.05. The second-order valence-corrected chi connectivity index (χ2v) is 3.21. The molecule has 0 amide bonds. The fraction of sp³-hybridized carbons (Fsp3) is 0.143. The van der Waals surface area contributed by atoms with Crippen molar-refractivity contribution >= 4 is 16.1 Å². The first-order valence-corrected chi connectivity index (χ1v) is 4.67. The molecule has 0 heterocycles. The predicted molar refractivity (Wildman–Crippen MR) is 45.7 cm³/mol. The zero-order valence-electron chi connectivity index (χ0n) is 7.14. The van der Waals surface area contributed by atoms with Gasteiger partial charge >= 0.3 is 0 Å². The van der Waals surface area contributed by atoms with E-state index in [1.165, 1.54) is 0 Å². The van der Waals surface area contributed by atoms with E-state index in [1.807, 2.05) is 30.3 Å². The molecule has 1 aromatic carbocycles. The molecule has 0 radical (unpaired) electrons. The maximum absolute atomic E-state index is 9.22. The van der Waals surface area contributed by atoms with Crippen LogP contribution in [0.25, 0.3) is 0 Å². The van der Waals surface area contributed by atoms with Gasteiger partial charge in [-0.15, -0.1) is 0 Å². The van der Waals surface area contributed by atoms with Crippen LogP contribution in [-0.2, 0) is 14.6 Å². The number of rotatable bonds is 1. The van der Waals surface area contributed by atoms with E-state index in [0.29, 0.717) is 0 Å². The van der Waals surface area contributed by atoms with E-state index in [0.717, 1.165) is 12.8 Å². The minimum Gasteiger partial charge on any atom is -0.726 e. The summed E-state index contributed by atoms with van der Waals surface area (Å²) in [7, 11) is -3.60. The smallest absolute Gasteiger partial charge is 0.217 e. The highest BCUT2D eigenvalue weighted by Crippen LogP contribution is 1.93. The van der Waals surface area contributed by atoms with E-state index in [4.69, 9.17) is 0 Å². The van der Waals surface area contributed by atoms with Crippen LogP contribution in [0.1, 0.15) is 0 Å². The Morgan fingerprint density at radius 3 is 1.85 bits per heavy atom. The minimum atomic E-state index is -4.41. The van der Waals surface area contributed by atoms with Crippen molar-refractivity contribution in [2.24, 2.45) is 0 Å². The van der Waals surface area contributed by atoms with E-state index < -0.39 is 10.4 Å². The fourth-order valence-electron chi connectivity index (χ4n) is 0.478. The van der Waals surface area contributed by atoms with Crippen LogP contribution in [0, 0.1) is 0 Å². The van der Waals surface area contributed by atoms with E-state index in [9.17, 15) is 13.0 Å². The first-order chi connectivity index (χ1) is 5.95. The zero-order valence-corrected chi connectivity index (χ0v) is 7.95. The Kier molecular flexibility index (Phi) is 5.24. The molecule has 13 heavy (non-hydrogen) atoms. The SMILES string of the molecule is COS(=O)(=O)[O-].[NH3+]c1ccccc1. The number of benzene rings is 1. The second kappa shape index (κ2) is 5.65. The third-order valence-corrected chi connectivity index (χ3v) is 1.46. The van der Waals surface area contributed by atoms with Gasteiger partial charge in [-0.3, -0.25) is 4.18 Å². The molecule has 0 saturated carbocycles. The maximum atomic E-state index is 9.22. The molecule has 0 saturated heterocycles. The lowest BCUT2D eigenvalue weighted by atomic mass is 10.3. The molecular weight excluding hydrogens is 194 g/mol. The molecule has 1 rings (SSSR count). The van der Waals surface area contributed by atoms with Gasteiger partial charge in [0.2, 0.25) is 10.4 Å². The summed E-state index contributed by atoms with van der Waals surface area (Å²) in [6.45, 7) is 0. The summed E-state index contributed by atoms with van der Waals surface area (Å²) < 4.78 is 31.0. The van der Waals surface area contributed by atoms with E-state index in [-0.39, 0.29) is 0 Å². The van der Waals surface area contributed by atoms with Crippen molar-refractivity contribution in [3.8, 4) is 0 Å². The van der Waals surface area contributed by atoms with Crippen LogP contribution >= 0.6 is 0 Å². The summed E-state index contributed by atoms with van der Waals surface area (Å²) in [5, 5.41) is 0. The van der Waals surface area contributed by atoms with Crippen LogP contribution in [0.2, 0.25) is 0 Å². The van der Waals surface area contributed by atoms with Gasteiger partial charge in [-0.2, -0.15) is 0 Å². The number of quaternary nitrogens is 1. The van der Waals surface area contributed by atoms with Gasteiger partial charge in [0.05, 0.1) is 7.11 Å². The Bertz CT molecular complexity index is 322. The van der Waals surface area contributed by atoms with E-state index >= 15 is 0 Å². The van der Waals surface area contributed by atoms with Gasteiger partial charge in [0, 0.05) is 0 Å².